The summed E-state index contributed by atoms with van der Waals surface area (Å²) >= 11 is 0. The molecule has 4 amide bonds. The van der Waals surface area contributed by atoms with Crippen molar-refractivity contribution in [3.63, 3.8) is 0 Å². The Bertz CT molecular complexity index is 728. The first-order chi connectivity index (χ1) is 10.5. The third kappa shape index (κ3) is 2.10. The summed E-state index contributed by atoms with van der Waals surface area (Å²) in [7, 11) is 0. The van der Waals surface area contributed by atoms with Gasteiger partial charge in [-0.25, -0.2) is 4.79 Å². The summed E-state index contributed by atoms with van der Waals surface area (Å²) in [5.41, 5.74) is 1.91. The minimum atomic E-state index is -1.22. The maximum absolute atomic E-state index is 12.5. The Kier molecular flexibility index (Phi) is 3.13. The minimum absolute atomic E-state index is 0.217. The van der Waals surface area contributed by atoms with Crippen LogP contribution in [-0.4, -0.2) is 33.1 Å². The van der Waals surface area contributed by atoms with Crippen LogP contribution < -0.4 is 10.7 Å². The molecule has 1 fully saturated rings. The lowest BCUT2D eigenvalue weighted by Gasteiger charge is -2.21. The molecule has 1 aromatic carbocycles. The highest BCUT2D eigenvalue weighted by atomic mass is 16.2. The topological polar surface area (TPSA) is 107 Å². The highest BCUT2D eigenvalue weighted by Crippen LogP contribution is 2.27. The van der Waals surface area contributed by atoms with Crippen LogP contribution in [0.3, 0.4) is 0 Å². The highest BCUT2D eigenvalue weighted by molar-refractivity contribution is 6.09. The maximum Gasteiger partial charge on any atom is 0.344 e. The number of imide groups is 1. The van der Waals surface area contributed by atoms with Gasteiger partial charge in [-0.05, 0) is 12.5 Å². The molecule has 3 rings (SSSR count). The van der Waals surface area contributed by atoms with Crippen molar-refractivity contribution in [2.75, 3.05) is 0 Å². The van der Waals surface area contributed by atoms with E-state index in [4.69, 9.17) is 0 Å². The molecule has 2 heterocycles. The zero-order valence-corrected chi connectivity index (χ0v) is 11.7. The summed E-state index contributed by atoms with van der Waals surface area (Å²) in [4.78, 5) is 36.5. The molecule has 0 radical (unpaired) electrons. The molecule has 2 aromatic rings. The van der Waals surface area contributed by atoms with Gasteiger partial charge in [0.1, 0.15) is 5.54 Å². The standard InChI is InChI=1S/C14H13N5O3/c1-14(10-5-3-2-4-6-10)12(21)19(13(22)17-14)18-11(20)9-7-15-16-8-9/h2-8H,1H3,(H,15,16)(H,17,22)(H,18,20). The van der Waals surface area contributed by atoms with Crippen LogP contribution in [0, 0.1) is 0 Å². The third-order valence-electron chi connectivity index (χ3n) is 3.52. The van der Waals surface area contributed by atoms with Crippen LogP contribution >= 0.6 is 0 Å². The second kappa shape index (κ2) is 4.99. The van der Waals surface area contributed by atoms with Gasteiger partial charge in [-0.1, -0.05) is 30.3 Å². The van der Waals surface area contributed by atoms with Gasteiger partial charge in [0, 0.05) is 6.20 Å². The number of rotatable bonds is 3. The van der Waals surface area contributed by atoms with Crippen molar-refractivity contribution in [3.05, 3.63) is 53.9 Å². The number of carbonyl (C=O) groups excluding carboxylic acids is 3. The predicted octanol–water partition coefficient (Wildman–Crippen LogP) is 0.522. The summed E-state index contributed by atoms with van der Waals surface area (Å²) in [5.74, 6) is -1.16. The van der Waals surface area contributed by atoms with Crippen molar-refractivity contribution in [1.29, 1.82) is 0 Å². The lowest BCUT2D eigenvalue weighted by molar-refractivity contribution is -0.132. The summed E-state index contributed by atoms with van der Waals surface area (Å²) in [6, 6.07) is 8.14. The van der Waals surface area contributed by atoms with Gasteiger partial charge in [0.05, 0.1) is 11.8 Å². The normalized spacial score (nSPS) is 20.9. The summed E-state index contributed by atoms with van der Waals surface area (Å²) < 4.78 is 0. The highest BCUT2D eigenvalue weighted by Gasteiger charge is 2.50. The monoisotopic (exact) mass is 299 g/mol. The number of hydrogen-bond acceptors (Lipinski definition) is 4. The Labute approximate surface area is 125 Å². The fourth-order valence-electron chi connectivity index (χ4n) is 2.25. The largest absolute Gasteiger partial charge is 0.344 e. The predicted molar refractivity (Wildman–Crippen MR) is 75.2 cm³/mol. The average molecular weight is 299 g/mol. The fraction of sp³-hybridized carbons (Fsp3) is 0.143. The van der Waals surface area contributed by atoms with Gasteiger partial charge in [-0.2, -0.15) is 10.1 Å². The van der Waals surface area contributed by atoms with Crippen LogP contribution in [0.25, 0.3) is 0 Å². The number of benzene rings is 1. The van der Waals surface area contributed by atoms with Gasteiger partial charge in [0.25, 0.3) is 11.8 Å². The van der Waals surface area contributed by atoms with Crippen molar-refractivity contribution in [2.24, 2.45) is 0 Å². The molecule has 0 saturated carbocycles. The third-order valence-corrected chi connectivity index (χ3v) is 3.52. The molecule has 8 nitrogen and oxygen atoms in total. The molecule has 1 aliphatic rings. The van der Waals surface area contributed by atoms with Gasteiger partial charge in [-0.15, -0.1) is 0 Å². The molecule has 0 aliphatic carbocycles. The second-order valence-electron chi connectivity index (χ2n) is 4.99. The van der Waals surface area contributed by atoms with E-state index in [0.29, 0.717) is 10.6 Å². The first kappa shape index (κ1) is 13.8. The number of urea groups is 1. The molecular weight excluding hydrogens is 286 g/mol. The molecular formula is C14H13N5O3. The lowest BCUT2D eigenvalue weighted by atomic mass is 9.92. The quantitative estimate of drug-likeness (QED) is 0.718. The van der Waals surface area contributed by atoms with E-state index in [1.165, 1.54) is 12.4 Å². The molecule has 8 heteroatoms. The second-order valence-corrected chi connectivity index (χ2v) is 4.99. The van der Waals surface area contributed by atoms with E-state index in [1.807, 2.05) is 6.07 Å². The molecule has 22 heavy (non-hydrogen) atoms. The average Bonchev–Trinajstić information content (AvgIpc) is 3.12. The summed E-state index contributed by atoms with van der Waals surface area (Å²) in [6.45, 7) is 1.59. The number of carbonyl (C=O) groups is 3. The molecule has 0 spiro atoms. The van der Waals surface area contributed by atoms with Crippen molar-refractivity contribution in [3.8, 4) is 0 Å². The van der Waals surface area contributed by atoms with Crippen LogP contribution in [0.15, 0.2) is 42.7 Å². The van der Waals surface area contributed by atoms with Crippen molar-refractivity contribution >= 4 is 17.8 Å². The molecule has 0 bridgehead atoms. The molecule has 1 aliphatic heterocycles. The number of hydrogen-bond donors (Lipinski definition) is 3. The van der Waals surface area contributed by atoms with Crippen LogP contribution in [-0.2, 0) is 10.3 Å². The fourth-order valence-corrected chi connectivity index (χ4v) is 2.25. The van der Waals surface area contributed by atoms with Crippen LogP contribution in [0.4, 0.5) is 4.79 Å². The van der Waals surface area contributed by atoms with Gasteiger partial charge in [0.15, 0.2) is 0 Å². The van der Waals surface area contributed by atoms with E-state index < -0.39 is 23.4 Å². The van der Waals surface area contributed by atoms with Gasteiger partial charge >= 0.3 is 6.03 Å². The number of hydrazine groups is 1. The van der Waals surface area contributed by atoms with Crippen LogP contribution in [0.2, 0.25) is 0 Å². The van der Waals surface area contributed by atoms with E-state index in [9.17, 15) is 14.4 Å². The number of aromatic amines is 1. The maximum atomic E-state index is 12.5. The molecule has 1 unspecified atom stereocenters. The zero-order valence-electron chi connectivity index (χ0n) is 11.7. The minimum Gasteiger partial charge on any atom is -0.318 e. The van der Waals surface area contributed by atoms with Crippen molar-refractivity contribution in [2.45, 2.75) is 12.5 Å². The van der Waals surface area contributed by atoms with Crippen LogP contribution in [0.1, 0.15) is 22.8 Å². The molecule has 112 valence electrons. The smallest absolute Gasteiger partial charge is 0.318 e. The lowest BCUT2D eigenvalue weighted by Crippen LogP contribution is -2.47. The van der Waals surface area contributed by atoms with E-state index >= 15 is 0 Å². The molecule has 1 saturated heterocycles. The summed E-state index contributed by atoms with van der Waals surface area (Å²) in [6.07, 6.45) is 2.66. The number of nitrogens with one attached hydrogen (secondary N) is 3. The Hall–Kier alpha value is -3.16. The van der Waals surface area contributed by atoms with Crippen molar-refractivity contribution < 1.29 is 14.4 Å². The molecule has 3 N–H and O–H groups in total. The van der Waals surface area contributed by atoms with Gasteiger partial charge in [0.2, 0.25) is 0 Å². The van der Waals surface area contributed by atoms with Gasteiger partial charge in [-0.3, -0.25) is 20.1 Å². The van der Waals surface area contributed by atoms with E-state index in [-0.39, 0.29) is 5.56 Å². The summed E-state index contributed by atoms with van der Waals surface area (Å²) in [5, 5.41) is 9.41. The van der Waals surface area contributed by atoms with E-state index in [2.05, 4.69) is 20.9 Å². The Morgan fingerprint density at radius 2 is 2.00 bits per heavy atom. The number of amides is 4. The van der Waals surface area contributed by atoms with E-state index in [1.54, 1.807) is 31.2 Å². The molecule has 1 atom stereocenters. The zero-order chi connectivity index (χ0) is 15.7. The SMILES string of the molecule is CC1(c2ccccc2)NC(=O)N(NC(=O)c2cn[nH]c2)C1=O. The first-order valence-electron chi connectivity index (χ1n) is 6.54. The Morgan fingerprint density at radius 1 is 1.27 bits per heavy atom. The Morgan fingerprint density at radius 3 is 2.64 bits per heavy atom. The van der Waals surface area contributed by atoms with Crippen LogP contribution in [0.5, 0.6) is 0 Å². The first-order valence-corrected chi connectivity index (χ1v) is 6.54. The van der Waals surface area contributed by atoms with Gasteiger partial charge < -0.3 is 5.32 Å². The number of H-pyrrole nitrogens is 1. The number of nitrogens with zero attached hydrogens (tertiary/aromatic N) is 2. The number of aromatic nitrogens is 2. The molecule has 1 aromatic heterocycles. The van der Waals surface area contributed by atoms with Crippen molar-refractivity contribution in [1.82, 2.24) is 25.9 Å². The Balaban J connectivity index is 1.84. The van der Waals surface area contributed by atoms with E-state index in [0.717, 1.165) is 0 Å².